The number of ether oxygens (including phenoxy) is 2. The molecule has 4 rings (SSSR count). The highest BCUT2D eigenvalue weighted by molar-refractivity contribution is 5.95. The van der Waals surface area contributed by atoms with Crippen LogP contribution in [0.2, 0.25) is 0 Å². The second kappa shape index (κ2) is 8.04. The van der Waals surface area contributed by atoms with Gasteiger partial charge < -0.3 is 14.4 Å². The van der Waals surface area contributed by atoms with Crippen LogP contribution < -0.4 is 4.90 Å². The van der Waals surface area contributed by atoms with Gasteiger partial charge in [-0.2, -0.15) is 5.26 Å². The van der Waals surface area contributed by atoms with Crippen LogP contribution in [0.25, 0.3) is 10.9 Å². The second-order valence-electron chi connectivity index (χ2n) is 8.09. The maximum Gasteiger partial charge on any atom is 0.101 e. The molecule has 0 aliphatic carbocycles. The van der Waals surface area contributed by atoms with E-state index in [9.17, 15) is 5.26 Å². The Labute approximate surface area is 166 Å². The van der Waals surface area contributed by atoms with Crippen molar-refractivity contribution in [1.29, 1.82) is 5.26 Å². The predicted octanol–water partition coefficient (Wildman–Crippen LogP) is 2.81. The fourth-order valence-corrected chi connectivity index (χ4v) is 4.59. The van der Waals surface area contributed by atoms with Crippen LogP contribution in [0.15, 0.2) is 30.5 Å². The molecule has 0 N–H and O–H groups in total. The zero-order chi connectivity index (χ0) is 19.7. The Morgan fingerprint density at radius 2 is 1.79 bits per heavy atom. The van der Waals surface area contributed by atoms with Crippen LogP contribution in [0.3, 0.4) is 0 Å². The molecule has 0 amide bonds. The number of benzene rings is 1. The van der Waals surface area contributed by atoms with E-state index in [4.69, 9.17) is 9.47 Å². The van der Waals surface area contributed by atoms with Crippen molar-refractivity contribution >= 4 is 16.6 Å². The van der Waals surface area contributed by atoms with Gasteiger partial charge in [-0.15, -0.1) is 0 Å². The van der Waals surface area contributed by atoms with Crippen molar-refractivity contribution in [3.8, 4) is 6.07 Å². The van der Waals surface area contributed by atoms with Gasteiger partial charge in [-0.05, 0) is 45.0 Å². The molecule has 0 spiro atoms. The lowest BCUT2D eigenvalue weighted by Crippen LogP contribution is -2.54. The van der Waals surface area contributed by atoms with Crippen molar-refractivity contribution in [2.45, 2.75) is 45.2 Å². The third kappa shape index (κ3) is 3.97. The Kier molecular flexibility index (Phi) is 5.49. The third-order valence-corrected chi connectivity index (χ3v) is 5.49. The van der Waals surface area contributed by atoms with E-state index in [-0.39, 0.29) is 24.4 Å². The molecule has 4 atom stereocenters. The van der Waals surface area contributed by atoms with E-state index in [1.165, 1.54) is 0 Å². The molecule has 0 saturated carbocycles. The van der Waals surface area contributed by atoms with E-state index in [1.54, 1.807) is 6.20 Å². The number of nitriles is 1. The van der Waals surface area contributed by atoms with E-state index in [0.29, 0.717) is 5.56 Å². The van der Waals surface area contributed by atoms with Crippen LogP contribution in [-0.2, 0) is 9.47 Å². The number of nitrogens with zero attached hydrogens (tertiary/aromatic N) is 4. The zero-order valence-corrected chi connectivity index (χ0v) is 16.8. The minimum atomic E-state index is 0.142. The molecule has 148 valence electrons. The summed E-state index contributed by atoms with van der Waals surface area (Å²) in [5.41, 5.74) is 2.52. The maximum atomic E-state index is 9.41. The summed E-state index contributed by atoms with van der Waals surface area (Å²) in [7, 11) is 0. The lowest BCUT2D eigenvalue weighted by atomic mass is 10.1. The first kappa shape index (κ1) is 19.1. The Hall–Kier alpha value is -2.20. The molecule has 3 heterocycles. The van der Waals surface area contributed by atoms with Crippen LogP contribution in [0, 0.1) is 11.3 Å². The number of hydrogen-bond acceptors (Lipinski definition) is 6. The molecule has 2 aliphatic rings. The van der Waals surface area contributed by atoms with Gasteiger partial charge in [0.05, 0.1) is 35.5 Å². The zero-order valence-electron chi connectivity index (χ0n) is 16.8. The van der Waals surface area contributed by atoms with E-state index in [2.05, 4.69) is 53.8 Å². The molecule has 0 radical (unpaired) electrons. The first-order valence-corrected chi connectivity index (χ1v) is 10.1. The molecule has 0 bridgehead atoms. The normalized spacial score (nSPS) is 29.0. The number of anilines is 1. The molecule has 1 aromatic carbocycles. The Bertz CT molecular complexity index is 870. The quantitative estimate of drug-likeness (QED) is 0.816. The summed E-state index contributed by atoms with van der Waals surface area (Å²) in [6.45, 7) is 10.9. The van der Waals surface area contributed by atoms with Crippen molar-refractivity contribution in [3.63, 3.8) is 0 Å². The minimum absolute atomic E-state index is 0.142. The molecule has 1 aromatic heterocycles. The lowest BCUT2D eigenvalue weighted by Gasteiger charge is -2.42. The molecule has 6 nitrogen and oxygen atoms in total. The number of rotatable bonds is 3. The lowest BCUT2D eigenvalue weighted by molar-refractivity contribution is -0.0919. The van der Waals surface area contributed by atoms with Gasteiger partial charge in [-0.1, -0.05) is 0 Å². The summed E-state index contributed by atoms with van der Waals surface area (Å²) in [4.78, 5) is 9.30. The summed E-state index contributed by atoms with van der Waals surface area (Å²) in [6.07, 6.45) is 2.56. The average molecular weight is 380 g/mol. The Balaban J connectivity index is 1.56. The predicted molar refractivity (Wildman–Crippen MR) is 109 cm³/mol. The molecule has 2 saturated heterocycles. The first-order chi connectivity index (χ1) is 13.5. The monoisotopic (exact) mass is 380 g/mol. The summed E-state index contributed by atoms with van der Waals surface area (Å²) in [6, 6.07) is 10.2. The standard InChI is InChI=1S/C22H28N4O2/c1-15-10-25(11-16(2)27-15)13-19-14-26(12-17(3)28-19)21-7-6-18(9-23)22-20(21)5-4-8-24-22/h4-8,15-17,19H,10-14H2,1-3H3/t15-,16+,17-,19+/m1/s1. The van der Waals surface area contributed by atoms with Crippen molar-refractivity contribution in [2.75, 3.05) is 37.6 Å². The van der Waals surface area contributed by atoms with Crippen molar-refractivity contribution in [3.05, 3.63) is 36.0 Å². The van der Waals surface area contributed by atoms with Gasteiger partial charge in [-0.25, -0.2) is 0 Å². The minimum Gasteiger partial charge on any atom is -0.373 e. The topological polar surface area (TPSA) is 61.6 Å². The summed E-state index contributed by atoms with van der Waals surface area (Å²) in [5, 5.41) is 10.4. The molecule has 28 heavy (non-hydrogen) atoms. The summed E-state index contributed by atoms with van der Waals surface area (Å²) >= 11 is 0. The smallest absolute Gasteiger partial charge is 0.101 e. The van der Waals surface area contributed by atoms with E-state index >= 15 is 0 Å². The maximum absolute atomic E-state index is 9.41. The Morgan fingerprint density at radius 3 is 2.54 bits per heavy atom. The van der Waals surface area contributed by atoms with Crippen molar-refractivity contribution in [2.24, 2.45) is 0 Å². The number of hydrogen-bond donors (Lipinski definition) is 0. The Morgan fingerprint density at radius 1 is 1.04 bits per heavy atom. The number of pyridine rings is 1. The molecule has 6 heteroatoms. The van der Waals surface area contributed by atoms with Crippen LogP contribution >= 0.6 is 0 Å². The number of aromatic nitrogens is 1. The van der Waals surface area contributed by atoms with Crippen molar-refractivity contribution < 1.29 is 9.47 Å². The van der Waals surface area contributed by atoms with Gasteiger partial charge in [0.2, 0.25) is 0 Å². The van der Waals surface area contributed by atoms with Gasteiger partial charge in [-0.3, -0.25) is 9.88 Å². The highest BCUT2D eigenvalue weighted by Crippen LogP contribution is 2.30. The van der Waals surface area contributed by atoms with Crippen molar-refractivity contribution in [1.82, 2.24) is 9.88 Å². The molecule has 2 aromatic rings. The molecular weight excluding hydrogens is 352 g/mol. The van der Waals surface area contributed by atoms with Crippen LogP contribution in [0.4, 0.5) is 5.69 Å². The SMILES string of the molecule is C[C@@H]1CN(c2ccc(C#N)c3ncccc23)C[C@H](CN2C[C@@H](C)O[C@@H](C)C2)O1. The first-order valence-electron chi connectivity index (χ1n) is 10.1. The number of fused-ring (bicyclic) bond motifs is 1. The van der Waals surface area contributed by atoms with Crippen LogP contribution in [0.1, 0.15) is 26.3 Å². The molecule has 0 unspecified atom stereocenters. The van der Waals surface area contributed by atoms with Crippen LogP contribution in [-0.4, -0.2) is 67.0 Å². The highest BCUT2D eigenvalue weighted by atomic mass is 16.5. The molecule has 2 aliphatic heterocycles. The highest BCUT2D eigenvalue weighted by Gasteiger charge is 2.30. The third-order valence-electron chi connectivity index (χ3n) is 5.49. The largest absolute Gasteiger partial charge is 0.373 e. The van der Waals surface area contributed by atoms with E-state index in [0.717, 1.165) is 49.3 Å². The number of morpholine rings is 2. The summed E-state index contributed by atoms with van der Waals surface area (Å²) < 4.78 is 12.1. The van der Waals surface area contributed by atoms with Gasteiger partial charge in [0.1, 0.15) is 6.07 Å². The van der Waals surface area contributed by atoms with Crippen LogP contribution in [0.5, 0.6) is 0 Å². The van der Waals surface area contributed by atoms with Gasteiger partial charge in [0.25, 0.3) is 0 Å². The second-order valence-corrected chi connectivity index (χ2v) is 8.09. The molecular formula is C22H28N4O2. The fraction of sp³-hybridized carbons (Fsp3) is 0.545. The molecule has 2 fully saturated rings. The van der Waals surface area contributed by atoms with E-state index < -0.39 is 0 Å². The fourth-order valence-electron chi connectivity index (χ4n) is 4.59. The van der Waals surface area contributed by atoms with Gasteiger partial charge in [0, 0.05) is 50.0 Å². The van der Waals surface area contributed by atoms with Gasteiger partial charge in [0.15, 0.2) is 0 Å². The average Bonchev–Trinajstić information content (AvgIpc) is 2.65. The van der Waals surface area contributed by atoms with Gasteiger partial charge >= 0.3 is 0 Å². The summed E-state index contributed by atoms with van der Waals surface area (Å²) in [5.74, 6) is 0. The van der Waals surface area contributed by atoms with E-state index in [1.807, 2.05) is 12.1 Å².